The van der Waals surface area contributed by atoms with Crippen LogP contribution in [0.25, 0.3) is 0 Å². The van der Waals surface area contributed by atoms with Crippen LogP contribution in [0, 0.1) is 11.7 Å². The molecule has 0 aromatic heterocycles. The second-order valence-corrected chi connectivity index (χ2v) is 5.66. The third kappa shape index (κ3) is 3.43. The van der Waals surface area contributed by atoms with Gasteiger partial charge in [0.1, 0.15) is 5.82 Å². The molecule has 0 heterocycles. The Morgan fingerprint density at radius 1 is 1.41 bits per heavy atom. The largest absolute Gasteiger partial charge is 0.296 e. The number of benzene rings is 1. The highest BCUT2D eigenvalue weighted by atomic mass is 35.5. The summed E-state index contributed by atoms with van der Waals surface area (Å²) < 4.78 is 13.7. The van der Waals surface area contributed by atoms with E-state index in [0.717, 1.165) is 6.54 Å². The molecule has 0 N–H and O–H groups in total. The van der Waals surface area contributed by atoms with Crippen molar-refractivity contribution in [1.82, 2.24) is 4.90 Å². The van der Waals surface area contributed by atoms with E-state index in [0.29, 0.717) is 29.1 Å². The van der Waals surface area contributed by atoms with Gasteiger partial charge < -0.3 is 0 Å². The molecule has 1 nitrogen and oxygen atoms in total. The minimum atomic E-state index is -0.188. The number of rotatable bonds is 5. The lowest BCUT2D eigenvalue weighted by molar-refractivity contribution is 0.223. The summed E-state index contributed by atoms with van der Waals surface area (Å²) in [4.78, 5) is 2.36. The fraction of sp³-hybridized carbons (Fsp3) is 0.571. The third-order valence-electron chi connectivity index (χ3n) is 3.09. The van der Waals surface area contributed by atoms with Crippen LogP contribution in [0.3, 0.4) is 0 Å². The molecule has 1 fully saturated rings. The maximum atomic E-state index is 13.7. The van der Waals surface area contributed by atoms with E-state index in [9.17, 15) is 4.39 Å². The lowest BCUT2D eigenvalue weighted by Crippen LogP contribution is -2.30. The van der Waals surface area contributed by atoms with Crippen molar-refractivity contribution in [1.29, 1.82) is 0 Å². The van der Waals surface area contributed by atoms with Crippen LogP contribution in [0.5, 0.6) is 0 Å². The Morgan fingerprint density at radius 3 is 2.65 bits per heavy atom. The molecule has 0 radical (unpaired) electrons. The van der Waals surface area contributed by atoms with E-state index in [2.05, 4.69) is 18.7 Å². The van der Waals surface area contributed by atoms with Crippen molar-refractivity contribution in [3.63, 3.8) is 0 Å². The van der Waals surface area contributed by atoms with Gasteiger partial charge in [-0.15, -0.1) is 0 Å². The van der Waals surface area contributed by atoms with Crippen LogP contribution >= 0.6 is 11.6 Å². The molecule has 0 saturated heterocycles. The highest BCUT2D eigenvalue weighted by Crippen LogP contribution is 2.31. The summed E-state index contributed by atoms with van der Waals surface area (Å²) in [5, 5.41) is 0.541. The molecule has 1 aromatic carbocycles. The van der Waals surface area contributed by atoms with Gasteiger partial charge in [0.05, 0.1) is 0 Å². The predicted octanol–water partition coefficient (Wildman–Crippen LogP) is 4.10. The van der Waals surface area contributed by atoms with Crippen LogP contribution in [-0.2, 0) is 6.54 Å². The maximum absolute atomic E-state index is 13.7. The fourth-order valence-electron chi connectivity index (χ4n) is 2.14. The normalized spacial score (nSPS) is 15.9. The molecule has 1 saturated carbocycles. The van der Waals surface area contributed by atoms with E-state index in [1.807, 2.05) is 0 Å². The van der Waals surface area contributed by atoms with Crippen molar-refractivity contribution < 1.29 is 4.39 Å². The van der Waals surface area contributed by atoms with Crippen LogP contribution < -0.4 is 0 Å². The van der Waals surface area contributed by atoms with Gasteiger partial charge in [0.15, 0.2) is 0 Å². The number of hydrogen-bond acceptors (Lipinski definition) is 1. The minimum Gasteiger partial charge on any atom is -0.296 e. The summed E-state index contributed by atoms with van der Waals surface area (Å²) in [6.45, 7) is 6.03. The first-order valence-electron chi connectivity index (χ1n) is 6.25. The van der Waals surface area contributed by atoms with Gasteiger partial charge in [-0.2, -0.15) is 0 Å². The smallest absolute Gasteiger partial charge is 0.129 e. The predicted molar refractivity (Wildman–Crippen MR) is 69.7 cm³/mol. The maximum Gasteiger partial charge on any atom is 0.129 e. The Kier molecular flexibility index (Phi) is 4.05. The van der Waals surface area contributed by atoms with Crippen molar-refractivity contribution in [2.45, 2.75) is 39.3 Å². The molecule has 94 valence electrons. The average Bonchev–Trinajstić information content (AvgIpc) is 3.05. The van der Waals surface area contributed by atoms with Gasteiger partial charge in [0.2, 0.25) is 0 Å². The van der Waals surface area contributed by atoms with Gasteiger partial charge in [0.25, 0.3) is 0 Å². The summed E-state index contributed by atoms with van der Waals surface area (Å²) in [6, 6.07) is 5.54. The van der Waals surface area contributed by atoms with E-state index >= 15 is 0 Å². The molecule has 0 bridgehead atoms. The first-order valence-corrected chi connectivity index (χ1v) is 6.62. The van der Waals surface area contributed by atoms with E-state index in [4.69, 9.17) is 11.6 Å². The molecular formula is C14H19ClFN. The van der Waals surface area contributed by atoms with E-state index < -0.39 is 0 Å². The van der Waals surface area contributed by atoms with Gasteiger partial charge in [0, 0.05) is 29.7 Å². The summed E-state index contributed by atoms with van der Waals surface area (Å²) in [7, 11) is 0. The Hall–Kier alpha value is -0.600. The Bertz CT molecular complexity index is 368. The molecule has 0 aliphatic heterocycles. The van der Waals surface area contributed by atoms with Crippen LogP contribution in [0.4, 0.5) is 4.39 Å². The minimum absolute atomic E-state index is 0.188. The molecule has 1 aliphatic carbocycles. The molecule has 3 heteroatoms. The molecular weight excluding hydrogens is 237 g/mol. The van der Waals surface area contributed by atoms with Crippen molar-refractivity contribution in [2.24, 2.45) is 5.92 Å². The first kappa shape index (κ1) is 12.8. The van der Waals surface area contributed by atoms with E-state index in [-0.39, 0.29) is 5.82 Å². The highest BCUT2D eigenvalue weighted by molar-refractivity contribution is 6.31. The van der Waals surface area contributed by atoms with Gasteiger partial charge >= 0.3 is 0 Å². The van der Waals surface area contributed by atoms with Crippen LogP contribution in [0.15, 0.2) is 18.2 Å². The molecule has 17 heavy (non-hydrogen) atoms. The molecule has 1 aliphatic rings. The van der Waals surface area contributed by atoms with Gasteiger partial charge in [-0.3, -0.25) is 4.90 Å². The average molecular weight is 256 g/mol. The molecule has 0 spiro atoms. The number of halogens is 2. The number of hydrogen-bond donors (Lipinski definition) is 0. The van der Waals surface area contributed by atoms with Crippen molar-refractivity contribution in [3.8, 4) is 0 Å². The highest BCUT2D eigenvalue weighted by Gasteiger charge is 2.30. The Labute approximate surface area is 108 Å². The SMILES string of the molecule is CC(C)CN(Cc1c(F)cccc1Cl)C1CC1. The quantitative estimate of drug-likeness (QED) is 0.766. The zero-order chi connectivity index (χ0) is 12.4. The lowest BCUT2D eigenvalue weighted by Gasteiger charge is -2.24. The summed E-state index contributed by atoms with van der Waals surface area (Å²) in [5.74, 6) is 0.410. The molecule has 0 amide bonds. The molecule has 1 aromatic rings. The third-order valence-corrected chi connectivity index (χ3v) is 3.44. The topological polar surface area (TPSA) is 3.24 Å². The first-order chi connectivity index (χ1) is 8.08. The summed E-state index contributed by atoms with van der Waals surface area (Å²) in [6.07, 6.45) is 2.47. The lowest BCUT2D eigenvalue weighted by atomic mass is 10.1. The second kappa shape index (κ2) is 5.36. The summed E-state index contributed by atoms with van der Waals surface area (Å²) >= 11 is 6.07. The van der Waals surface area contributed by atoms with E-state index in [1.54, 1.807) is 12.1 Å². The van der Waals surface area contributed by atoms with Gasteiger partial charge in [-0.25, -0.2) is 4.39 Å². The van der Waals surface area contributed by atoms with Gasteiger partial charge in [-0.1, -0.05) is 31.5 Å². The zero-order valence-corrected chi connectivity index (χ0v) is 11.2. The Morgan fingerprint density at radius 2 is 2.12 bits per heavy atom. The van der Waals surface area contributed by atoms with Crippen LogP contribution in [0.1, 0.15) is 32.3 Å². The number of nitrogens with zero attached hydrogens (tertiary/aromatic N) is 1. The second-order valence-electron chi connectivity index (χ2n) is 5.25. The Balaban J connectivity index is 2.11. The fourth-order valence-corrected chi connectivity index (χ4v) is 2.36. The van der Waals surface area contributed by atoms with Crippen LogP contribution in [-0.4, -0.2) is 17.5 Å². The van der Waals surface area contributed by atoms with Crippen molar-refractivity contribution in [3.05, 3.63) is 34.6 Å². The summed E-state index contributed by atoms with van der Waals surface area (Å²) in [5.41, 5.74) is 0.640. The van der Waals surface area contributed by atoms with Crippen LogP contribution in [0.2, 0.25) is 5.02 Å². The monoisotopic (exact) mass is 255 g/mol. The molecule has 2 rings (SSSR count). The van der Waals surface area contributed by atoms with Crippen molar-refractivity contribution >= 4 is 11.6 Å². The van der Waals surface area contributed by atoms with Crippen molar-refractivity contribution in [2.75, 3.05) is 6.54 Å². The van der Waals surface area contributed by atoms with E-state index in [1.165, 1.54) is 18.9 Å². The van der Waals surface area contributed by atoms with Gasteiger partial charge in [-0.05, 0) is 30.9 Å². The molecule has 0 unspecified atom stereocenters. The molecule has 0 atom stereocenters. The zero-order valence-electron chi connectivity index (χ0n) is 10.4. The standard InChI is InChI=1S/C14H19ClFN/c1-10(2)8-17(11-6-7-11)9-12-13(15)4-3-5-14(12)16/h3-5,10-11H,6-9H2,1-2H3.